The summed E-state index contributed by atoms with van der Waals surface area (Å²) in [6.07, 6.45) is 0. The number of nitrogens with zero attached hydrogens (tertiary/aromatic N) is 2. The van der Waals surface area contributed by atoms with E-state index in [1.807, 2.05) is 30.3 Å². The zero-order valence-corrected chi connectivity index (χ0v) is 15.6. The van der Waals surface area contributed by atoms with Gasteiger partial charge in [-0.05, 0) is 43.8 Å². The summed E-state index contributed by atoms with van der Waals surface area (Å²) in [4.78, 5) is 16.9. The Hall–Kier alpha value is -2.37. The average molecular weight is 352 g/mol. The van der Waals surface area contributed by atoms with Gasteiger partial charge in [0, 0.05) is 43.6 Å². The van der Waals surface area contributed by atoms with Gasteiger partial charge in [-0.1, -0.05) is 30.3 Å². The second-order valence-electron chi connectivity index (χ2n) is 6.90. The van der Waals surface area contributed by atoms with E-state index < -0.39 is 0 Å². The molecule has 5 heteroatoms. The largest absolute Gasteiger partial charge is 0.369 e. The van der Waals surface area contributed by atoms with Gasteiger partial charge in [0.25, 0.3) is 0 Å². The molecule has 2 aromatic rings. The third-order valence-electron chi connectivity index (χ3n) is 4.89. The Kier molecular flexibility index (Phi) is 6.26. The molecule has 0 aliphatic carbocycles. The molecule has 2 N–H and O–H groups in total. The molecule has 1 amide bonds. The number of carbonyl (C=O) groups excluding carboxylic acids is 1. The predicted molar refractivity (Wildman–Crippen MR) is 108 cm³/mol. The summed E-state index contributed by atoms with van der Waals surface area (Å²) in [5.74, 6) is -0.0277. The number of carbonyl (C=O) groups is 1. The minimum Gasteiger partial charge on any atom is -0.369 e. The Morgan fingerprint density at radius 1 is 1.00 bits per heavy atom. The molecule has 1 atom stereocenters. The van der Waals surface area contributed by atoms with Crippen LogP contribution in [0.25, 0.3) is 0 Å². The molecule has 2 aromatic carbocycles. The van der Waals surface area contributed by atoms with Crippen molar-refractivity contribution in [2.24, 2.45) is 0 Å². The number of hydrogen-bond acceptors (Lipinski definition) is 4. The van der Waals surface area contributed by atoms with Crippen molar-refractivity contribution < 1.29 is 4.79 Å². The van der Waals surface area contributed by atoms with Crippen molar-refractivity contribution in [2.75, 3.05) is 50.0 Å². The molecule has 0 bridgehead atoms. The Morgan fingerprint density at radius 3 is 2.31 bits per heavy atom. The molecule has 1 aliphatic heterocycles. The molecular weight excluding hydrogens is 324 g/mol. The van der Waals surface area contributed by atoms with E-state index in [-0.39, 0.29) is 18.5 Å². The lowest BCUT2D eigenvalue weighted by Gasteiger charge is -2.34. The summed E-state index contributed by atoms with van der Waals surface area (Å²) in [7, 11) is 2.16. The van der Waals surface area contributed by atoms with Crippen LogP contribution in [0.15, 0.2) is 54.6 Å². The van der Waals surface area contributed by atoms with Crippen LogP contribution in [-0.4, -0.2) is 50.6 Å². The van der Waals surface area contributed by atoms with Crippen molar-refractivity contribution >= 4 is 17.3 Å². The SMILES string of the molecule is CC(NCC(=O)Nc1ccc(N2CCN(C)CC2)cc1)c1ccccc1. The van der Waals surface area contributed by atoms with E-state index in [4.69, 9.17) is 0 Å². The first-order valence-corrected chi connectivity index (χ1v) is 9.23. The van der Waals surface area contributed by atoms with Gasteiger partial charge in [-0.2, -0.15) is 0 Å². The summed E-state index contributed by atoms with van der Waals surface area (Å²) in [6.45, 7) is 6.62. The molecule has 0 spiro atoms. The maximum Gasteiger partial charge on any atom is 0.238 e. The van der Waals surface area contributed by atoms with Gasteiger partial charge in [0.15, 0.2) is 0 Å². The lowest BCUT2D eigenvalue weighted by Crippen LogP contribution is -2.44. The normalized spacial score (nSPS) is 16.3. The second kappa shape index (κ2) is 8.83. The molecule has 138 valence electrons. The smallest absolute Gasteiger partial charge is 0.238 e. The standard InChI is InChI=1S/C21H28N4O/c1-17(18-6-4-3-5-7-18)22-16-21(26)23-19-8-10-20(11-9-19)25-14-12-24(2)13-15-25/h3-11,17,22H,12-16H2,1-2H3,(H,23,26). The first-order chi connectivity index (χ1) is 12.6. The van der Waals surface area contributed by atoms with Crippen molar-refractivity contribution in [2.45, 2.75) is 13.0 Å². The van der Waals surface area contributed by atoms with Crippen molar-refractivity contribution in [3.63, 3.8) is 0 Å². The number of hydrogen-bond donors (Lipinski definition) is 2. The fourth-order valence-corrected chi connectivity index (χ4v) is 3.13. The molecule has 26 heavy (non-hydrogen) atoms. The van der Waals surface area contributed by atoms with Crippen LogP contribution in [0.2, 0.25) is 0 Å². The van der Waals surface area contributed by atoms with E-state index in [0.717, 1.165) is 31.9 Å². The Morgan fingerprint density at radius 2 is 1.65 bits per heavy atom. The molecule has 1 unspecified atom stereocenters. The minimum absolute atomic E-state index is 0.0277. The maximum atomic E-state index is 12.2. The van der Waals surface area contributed by atoms with Crippen LogP contribution in [-0.2, 0) is 4.79 Å². The molecule has 1 aliphatic rings. The van der Waals surface area contributed by atoms with E-state index in [9.17, 15) is 4.79 Å². The highest BCUT2D eigenvalue weighted by molar-refractivity contribution is 5.92. The average Bonchev–Trinajstić information content (AvgIpc) is 2.68. The van der Waals surface area contributed by atoms with Crippen LogP contribution in [0.4, 0.5) is 11.4 Å². The van der Waals surface area contributed by atoms with Gasteiger partial charge in [-0.15, -0.1) is 0 Å². The number of likely N-dealkylation sites (N-methyl/N-ethyl adjacent to an activating group) is 1. The first kappa shape index (κ1) is 18.4. The summed E-state index contributed by atoms with van der Waals surface area (Å²) in [5, 5.41) is 6.22. The Labute approximate surface area is 156 Å². The van der Waals surface area contributed by atoms with E-state index in [1.54, 1.807) is 0 Å². The molecule has 0 saturated carbocycles. The highest BCUT2D eigenvalue weighted by Gasteiger charge is 2.14. The Bertz CT molecular complexity index is 694. The molecule has 1 fully saturated rings. The van der Waals surface area contributed by atoms with Gasteiger partial charge >= 0.3 is 0 Å². The predicted octanol–water partition coefficient (Wildman–Crippen LogP) is 2.73. The zero-order valence-electron chi connectivity index (χ0n) is 15.6. The lowest BCUT2D eigenvalue weighted by atomic mass is 10.1. The molecule has 3 rings (SSSR count). The zero-order chi connectivity index (χ0) is 18.4. The second-order valence-corrected chi connectivity index (χ2v) is 6.90. The molecule has 0 radical (unpaired) electrons. The van der Waals surface area contributed by atoms with Crippen molar-refractivity contribution in [3.8, 4) is 0 Å². The third-order valence-corrected chi connectivity index (χ3v) is 4.89. The number of nitrogens with one attached hydrogen (secondary N) is 2. The summed E-state index contributed by atoms with van der Waals surface area (Å²) >= 11 is 0. The summed E-state index contributed by atoms with van der Waals surface area (Å²) < 4.78 is 0. The lowest BCUT2D eigenvalue weighted by molar-refractivity contribution is -0.115. The quantitative estimate of drug-likeness (QED) is 0.839. The van der Waals surface area contributed by atoms with E-state index in [1.165, 1.54) is 11.3 Å². The van der Waals surface area contributed by atoms with Gasteiger partial charge < -0.3 is 20.4 Å². The molecule has 0 aromatic heterocycles. The van der Waals surface area contributed by atoms with Crippen LogP contribution in [0.3, 0.4) is 0 Å². The topological polar surface area (TPSA) is 47.6 Å². The molecular formula is C21H28N4O. The molecule has 1 heterocycles. The van der Waals surface area contributed by atoms with Gasteiger partial charge in [0.1, 0.15) is 0 Å². The minimum atomic E-state index is -0.0277. The van der Waals surface area contributed by atoms with Crippen molar-refractivity contribution in [3.05, 3.63) is 60.2 Å². The van der Waals surface area contributed by atoms with Crippen LogP contribution < -0.4 is 15.5 Å². The first-order valence-electron chi connectivity index (χ1n) is 9.23. The number of piperazine rings is 1. The van der Waals surface area contributed by atoms with Crippen LogP contribution in [0.1, 0.15) is 18.5 Å². The summed E-state index contributed by atoms with van der Waals surface area (Å²) in [5.41, 5.74) is 3.23. The van der Waals surface area contributed by atoms with Gasteiger partial charge in [0.2, 0.25) is 5.91 Å². The number of rotatable bonds is 6. The van der Waals surface area contributed by atoms with Gasteiger partial charge in [-0.3, -0.25) is 4.79 Å². The highest BCUT2D eigenvalue weighted by Crippen LogP contribution is 2.19. The fraction of sp³-hybridized carbons (Fsp3) is 0.381. The fourth-order valence-electron chi connectivity index (χ4n) is 3.13. The monoisotopic (exact) mass is 352 g/mol. The number of benzene rings is 2. The third kappa shape index (κ3) is 5.07. The number of amides is 1. The summed E-state index contributed by atoms with van der Waals surface area (Å²) in [6, 6.07) is 18.4. The highest BCUT2D eigenvalue weighted by atomic mass is 16.1. The van der Waals surface area contributed by atoms with Crippen molar-refractivity contribution in [1.82, 2.24) is 10.2 Å². The van der Waals surface area contributed by atoms with Crippen LogP contribution in [0, 0.1) is 0 Å². The van der Waals surface area contributed by atoms with Crippen LogP contribution >= 0.6 is 0 Å². The van der Waals surface area contributed by atoms with E-state index in [2.05, 4.69) is 58.7 Å². The van der Waals surface area contributed by atoms with Gasteiger partial charge in [-0.25, -0.2) is 0 Å². The van der Waals surface area contributed by atoms with Gasteiger partial charge in [0.05, 0.1) is 6.54 Å². The molecule has 1 saturated heterocycles. The number of anilines is 2. The maximum absolute atomic E-state index is 12.2. The van der Waals surface area contributed by atoms with E-state index in [0.29, 0.717) is 0 Å². The van der Waals surface area contributed by atoms with E-state index >= 15 is 0 Å². The van der Waals surface area contributed by atoms with Crippen LogP contribution in [0.5, 0.6) is 0 Å². The Balaban J connectivity index is 1.47. The van der Waals surface area contributed by atoms with Crippen molar-refractivity contribution in [1.29, 1.82) is 0 Å². The molecule has 5 nitrogen and oxygen atoms in total.